The van der Waals surface area contributed by atoms with Gasteiger partial charge in [0, 0.05) is 42.9 Å². The summed E-state index contributed by atoms with van der Waals surface area (Å²) in [5, 5.41) is 0. The van der Waals surface area contributed by atoms with Gasteiger partial charge in [-0.1, -0.05) is 13.0 Å². The van der Waals surface area contributed by atoms with Gasteiger partial charge in [-0.15, -0.1) is 11.8 Å². The van der Waals surface area contributed by atoms with E-state index in [1.807, 2.05) is 11.8 Å². The molecule has 0 spiro atoms. The molecule has 112 valence electrons. The first-order valence-corrected chi connectivity index (χ1v) is 8.48. The molecule has 1 atom stereocenters. The van der Waals surface area contributed by atoms with Gasteiger partial charge in [0.15, 0.2) is 0 Å². The van der Waals surface area contributed by atoms with E-state index in [2.05, 4.69) is 37.1 Å². The quantitative estimate of drug-likeness (QED) is 0.818. The third-order valence-corrected chi connectivity index (χ3v) is 4.79. The van der Waals surface area contributed by atoms with E-state index in [0.717, 1.165) is 25.5 Å². The summed E-state index contributed by atoms with van der Waals surface area (Å²) >= 11 is 1.87. The minimum absolute atomic E-state index is 0.601. The average Bonchev–Trinajstić information content (AvgIpc) is 2.48. The average molecular weight is 294 g/mol. The number of anilines is 1. The number of hydrogen-bond acceptors (Lipinski definition) is 4. The van der Waals surface area contributed by atoms with Gasteiger partial charge in [0.25, 0.3) is 0 Å². The molecule has 0 bridgehead atoms. The van der Waals surface area contributed by atoms with Crippen molar-refractivity contribution in [1.82, 2.24) is 0 Å². The monoisotopic (exact) mass is 294 g/mol. The third kappa shape index (κ3) is 3.90. The highest BCUT2D eigenvalue weighted by Gasteiger charge is 2.18. The maximum atomic E-state index is 5.99. The molecule has 4 heteroatoms. The van der Waals surface area contributed by atoms with Crippen molar-refractivity contribution < 1.29 is 4.74 Å². The van der Waals surface area contributed by atoms with E-state index in [9.17, 15) is 0 Å². The van der Waals surface area contributed by atoms with Crippen LogP contribution in [0.15, 0.2) is 23.1 Å². The van der Waals surface area contributed by atoms with E-state index in [1.54, 1.807) is 0 Å². The van der Waals surface area contributed by atoms with Crippen LogP contribution in [0.2, 0.25) is 0 Å². The molecule has 1 aliphatic heterocycles. The van der Waals surface area contributed by atoms with E-state index in [0.29, 0.717) is 12.5 Å². The number of ether oxygens (including phenoxy) is 1. The first-order valence-electron chi connectivity index (χ1n) is 7.49. The number of benzene rings is 1. The zero-order valence-electron chi connectivity index (χ0n) is 12.6. The molecule has 1 aromatic carbocycles. The molecule has 1 heterocycles. The topological polar surface area (TPSA) is 38.5 Å². The van der Waals surface area contributed by atoms with E-state index in [1.165, 1.54) is 29.0 Å². The zero-order chi connectivity index (χ0) is 14.4. The molecule has 3 nitrogen and oxygen atoms in total. The van der Waals surface area contributed by atoms with Crippen LogP contribution in [0, 0.1) is 5.92 Å². The normalized spacial score (nSPS) is 19.1. The predicted octanol–water partition coefficient (Wildman–Crippen LogP) is 3.12. The molecule has 1 saturated heterocycles. The van der Waals surface area contributed by atoms with Crippen molar-refractivity contribution in [3.63, 3.8) is 0 Å². The van der Waals surface area contributed by atoms with Crippen LogP contribution in [-0.2, 0) is 11.3 Å². The first kappa shape index (κ1) is 15.7. The van der Waals surface area contributed by atoms with Gasteiger partial charge in [-0.3, -0.25) is 0 Å². The number of nitrogens with zero attached hydrogens (tertiary/aromatic N) is 1. The molecule has 0 saturated carbocycles. The molecule has 2 rings (SSSR count). The summed E-state index contributed by atoms with van der Waals surface area (Å²) in [4.78, 5) is 3.67. The zero-order valence-corrected chi connectivity index (χ0v) is 13.4. The fraction of sp³-hybridized carbons (Fsp3) is 0.625. The smallest absolute Gasteiger partial charge is 0.0511 e. The van der Waals surface area contributed by atoms with Crippen LogP contribution in [0.4, 0.5) is 5.69 Å². The van der Waals surface area contributed by atoms with Crippen molar-refractivity contribution in [3.8, 4) is 0 Å². The lowest BCUT2D eigenvalue weighted by molar-refractivity contribution is 0.0576. The minimum atomic E-state index is 0.601. The Bertz CT molecular complexity index is 419. The van der Waals surface area contributed by atoms with Crippen LogP contribution < -0.4 is 10.6 Å². The summed E-state index contributed by atoms with van der Waals surface area (Å²) in [7, 11) is 2.17. The Kier molecular flexibility index (Phi) is 6.20. The SMILES string of the molecule is CCSc1cccc(N(C)CC2CCCOC2)c1CN. The predicted molar refractivity (Wildman–Crippen MR) is 87.5 cm³/mol. The van der Waals surface area contributed by atoms with Crippen molar-refractivity contribution in [2.75, 3.05) is 37.5 Å². The lowest BCUT2D eigenvalue weighted by Crippen LogP contribution is -2.31. The summed E-state index contributed by atoms with van der Waals surface area (Å²) in [5.74, 6) is 1.72. The molecular weight excluding hydrogens is 268 g/mol. The van der Waals surface area contributed by atoms with Crippen LogP contribution >= 0.6 is 11.8 Å². The largest absolute Gasteiger partial charge is 0.381 e. The maximum absolute atomic E-state index is 5.99. The second kappa shape index (κ2) is 7.91. The Labute approximate surface area is 126 Å². The summed E-state index contributed by atoms with van der Waals surface area (Å²) in [6, 6.07) is 6.50. The van der Waals surface area contributed by atoms with E-state index in [-0.39, 0.29) is 0 Å². The fourth-order valence-electron chi connectivity index (χ4n) is 2.84. The second-order valence-electron chi connectivity index (χ2n) is 5.35. The summed E-state index contributed by atoms with van der Waals surface area (Å²) in [6.07, 6.45) is 2.46. The molecule has 0 aliphatic carbocycles. The van der Waals surface area contributed by atoms with Gasteiger partial charge < -0.3 is 15.4 Å². The number of nitrogens with two attached hydrogens (primary N) is 1. The number of rotatable bonds is 6. The highest BCUT2D eigenvalue weighted by Crippen LogP contribution is 2.31. The highest BCUT2D eigenvalue weighted by molar-refractivity contribution is 7.99. The van der Waals surface area contributed by atoms with Gasteiger partial charge >= 0.3 is 0 Å². The molecule has 2 N–H and O–H groups in total. The van der Waals surface area contributed by atoms with Crippen molar-refractivity contribution in [2.45, 2.75) is 31.2 Å². The van der Waals surface area contributed by atoms with Crippen LogP contribution in [-0.4, -0.2) is 32.6 Å². The Balaban J connectivity index is 2.11. The Morgan fingerprint density at radius 1 is 1.45 bits per heavy atom. The fourth-order valence-corrected chi connectivity index (χ4v) is 3.69. The van der Waals surface area contributed by atoms with Gasteiger partial charge in [-0.25, -0.2) is 0 Å². The molecule has 1 unspecified atom stereocenters. The van der Waals surface area contributed by atoms with E-state index < -0.39 is 0 Å². The maximum Gasteiger partial charge on any atom is 0.0511 e. The number of hydrogen-bond donors (Lipinski definition) is 1. The summed E-state index contributed by atoms with van der Waals surface area (Å²) in [5.41, 5.74) is 8.54. The Hall–Kier alpha value is -0.710. The molecule has 1 aliphatic rings. The molecule has 0 aromatic heterocycles. The lowest BCUT2D eigenvalue weighted by atomic mass is 10.0. The molecule has 1 aromatic rings. The van der Waals surface area contributed by atoms with Crippen LogP contribution in [0.25, 0.3) is 0 Å². The van der Waals surface area contributed by atoms with Crippen LogP contribution in [0.1, 0.15) is 25.3 Å². The van der Waals surface area contributed by atoms with Gasteiger partial charge in [-0.2, -0.15) is 0 Å². The third-order valence-electron chi connectivity index (χ3n) is 3.81. The summed E-state index contributed by atoms with van der Waals surface area (Å²) < 4.78 is 5.58. The Morgan fingerprint density at radius 2 is 2.30 bits per heavy atom. The highest BCUT2D eigenvalue weighted by atomic mass is 32.2. The van der Waals surface area contributed by atoms with Gasteiger partial charge in [-0.05, 0) is 36.6 Å². The molecular formula is C16H26N2OS. The minimum Gasteiger partial charge on any atom is -0.381 e. The van der Waals surface area contributed by atoms with Crippen molar-refractivity contribution in [1.29, 1.82) is 0 Å². The lowest BCUT2D eigenvalue weighted by Gasteiger charge is -2.30. The molecule has 1 fully saturated rings. The van der Waals surface area contributed by atoms with Crippen molar-refractivity contribution in [2.24, 2.45) is 11.7 Å². The standard InChI is InChI=1S/C16H26N2OS/c1-3-20-16-8-4-7-15(14(16)10-17)18(2)11-13-6-5-9-19-12-13/h4,7-8,13H,3,5-6,9-12,17H2,1-2H3. The van der Waals surface area contributed by atoms with Gasteiger partial charge in [0.05, 0.1) is 6.61 Å². The Morgan fingerprint density at radius 3 is 2.95 bits per heavy atom. The van der Waals surface area contributed by atoms with Crippen molar-refractivity contribution in [3.05, 3.63) is 23.8 Å². The van der Waals surface area contributed by atoms with Gasteiger partial charge in [0.2, 0.25) is 0 Å². The molecule has 20 heavy (non-hydrogen) atoms. The second-order valence-corrected chi connectivity index (χ2v) is 6.66. The van der Waals surface area contributed by atoms with Crippen LogP contribution in [0.5, 0.6) is 0 Å². The van der Waals surface area contributed by atoms with Crippen molar-refractivity contribution >= 4 is 17.4 Å². The van der Waals surface area contributed by atoms with Gasteiger partial charge in [0.1, 0.15) is 0 Å². The molecule has 0 amide bonds. The van der Waals surface area contributed by atoms with Crippen LogP contribution in [0.3, 0.4) is 0 Å². The van der Waals surface area contributed by atoms with E-state index >= 15 is 0 Å². The molecule has 0 radical (unpaired) electrons. The first-order chi connectivity index (χ1) is 9.76. The van der Waals surface area contributed by atoms with E-state index in [4.69, 9.17) is 10.5 Å². The number of thioether (sulfide) groups is 1. The summed E-state index contributed by atoms with van der Waals surface area (Å²) in [6.45, 7) is 5.65.